The van der Waals surface area contributed by atoms with Gasteiger partial charge in [-0.15, -0.1) is 0 Å². The second-order valence-electron chi connectivity index (χ2n) is 4.77. The molecule has 4 nitrogen and oxygen atoms in total. The largest absolute Gasteiger partial charge is 0.477 e. The summed E-state index contributed by atoms with van der Waals surface area (Å²) in [5, 5.41) is -0.465. The molecule has 0 aromatic carbocycles. The van der Waals surface area contributed by atoms with Crippen molar-refractivity contribution in [2.45, 2.75) is 31.5 Å². The molecule has 1 aliphatic rings. The highest BCUT2D eigenvalue weighted by Gasteiger charge is 2.34. The standard InChI is InChI=1S/C12H15ClF3N3O/c1-19-5-2-3-8(19)4-6-20-10-7-9(12(14,15)16)17-11(13)18-10/h7-8H,2-6H2,1H3. The lowest BCUT2D eigenvalue weighted by atomic mass is 10.1. The van der Waals surface area contributed by atoms with E-state index in [1.54, 1.807) is 0 Å². The minimum absolute atomic E-state index is 0.141. The SMILES string of the molecule is CN1CCCC1CCOc1cc(C(F)(F)F)nc(Cl)n1. The predicted molar refractivity (Wildman–Crippen MR) is 67.8 cm³/mol. The van der Waals surface area contributed by atoms with Gasteiger partial charge in [0.15, 0.2) is 5.69 Å². The van der Waals surface area contributed by atoms with Crippen LogP contribution < -0.4 is 4.74 Å². The number of halogens is 4. The lowest BCUT2D eigenvalue weighted by Gasteiger charge is -2.19. The number of ether oxygens (including phenoxy) is 1. The molecule has 0 aliphatic carbocycles. The third-order valence-electron chi connectivity index (χ3n) is 3.34. The number of alkyl halides is 3. The molecule has 1 aromatic heterocycles. The minimum Gasteiger partial charge on any atom is -0.477 e. The molecule has 1 fully saturated rings. The molecule has 1 aliphatic heterocycles. The monoisotopic (exact) mass is 309 g/mol. The number of nitrogens with zero attached hydrogens (tertiary/aromatic N) is 3. The summed E-state index contributed by atoms with van der Waals surface area (Å²) in [6, 6.07) is 1.18. The van der Waals surface area contributed by atoms with Crippen molar-refractivity contribution in [2.24, 2.45) is 0 Å². The van der Waals surface area contributed by atoms with Gasteiger partial charge in [-0.3, -0.25) is 0 Å². The van der Waals surface area contributed by atoms with E-state index >= 15 is 0 Å². The van der Waals surface area contributed by atoms with Gasteiger partial charge < -0.3 is 9.64 Å². The maximum absolute atomic E-state index is 12.6. The normalized spacial score (nSPS) is 20.4. The van der Waals surface area contributed by atoms with Crippen LogP contribution in [0.15, 0.2) is 6.07 Å². The van der Waals surface area contributed by atoms with E-state index in [2.05, 4.69) is 14.9 Å². The first kappa shape index (κ1) is 15.3. The van der Waals surface area contributed by atoms with Gasteiger partial charge in [-0.25, -0.2) is 4.98 Å². The van der Waals surface area contributed by atoms with Crippen molar-refractivity contribution in [2.75, 3.05) is 20.2 Å². The first-order chi connectivity index (χ1) is 9.36. The van der Waals surface area contributed by atoms with Crippen LogP contribution in [0.25, 0.3) is 0 Å². The lowest BCUT2D eigenvalue weighted by molar-refractivity contribution is -0.141. The Bertz CT molecular complexity index is 470. The fraction of sp³-hybridized carbons (Fsp3) is 0.667. The third kappa shape index (κ3) is 3.96. The zero-order valence-corrected chi connectivity index (χ0v) is 11.7. The molecule has 1 atom stereocenters. The van der Waals surface area contributed by atoms with Gasteiger partial charge in [-0.2, -0.15) is 18.2 Å². The molecule has 2 heterocycles. The second kappa shape index (κ2) is 6.13. The zero-order valence-electron chi connectivity index (χ0n) is 11.0. The lowest BCUT2D eigenvalue weighted by Crippen LogP contribution is -2.26. The van der Waals surface area contributed by atoms with Crippen molar-refractivity contribution in [3.63, 3.8) is 0 Å². The van der Waals surface area contributed by atoms with Crippen LogP contribution in [0.4, 0.5) is 13.2 Å². The molecule has 0 saturated carbocycles. The molecule has 0 amide bonds. The highest BCUT2D eigenvalue weighted by atomic mass is 35.5. The van der Waals surface area contributed by atoms with E-state index in [4.69, 9.17) is 16.3 Å². The summed E-state index contributed by atoms with van der Waals surface area (Å²) in [5.74, 6) is -0.141. The molecule has 0 N–H and O–H groups in total. The first-order valence-corrected chi connectivity index (χ1v) is 6.69. The Labute approximate surface area is 119 Å². The molecule has 1 saturated heterocycles. The molecular weight excluding hydrogens is 295 g/mol. The Morgan fingerprint density at radius 1 is 1.45 bits per heavy atom. The van der Waals surface area contributed by atoms with Crippen molar-refractivity contribution in [3.05, 3.63) is 17.0 Å². The fourth-order valence-corrected chi connectivity index (χ4v) is 2.43. The van der Waals surface area contributed by atoms with Crippen molar-refractivity contribution < 1.29 is 17.9 Å². The Hall–Kier alpha value is -1.08. The quantitative estimate of drug-likeness (QED) is 0.801. The molecule has 112 valence electrons. The Kier molecular flexibility index (Phi) is 4.70. The Balaban J connectivity index is 1.94. The van der Waals surface area contributed by atoms with E-state index in [9.17, 15) is 13.2 Å². The average Bonchev–Trinajstić information content (AvgIpc) is 2.73. The van der Waals surface area contributed by atoms with Gasteiger partial charge in [0.25, 0.3) is 0 Å². The van der Waals surface area contributed by atoms with Crippen LogP contribution in [0.1, 0.15) is 25.0 Å². The van der Waals surface area contributed by atoms with Gasteiger partial charge in [0, 0.05) is 12.1 Å². The zero-order chi connectivity index (χ0) is 14.8. The molecule has 1 aromatic rings. The summed E-state index contributed by atoms with van der Waals surface area (Å²) in [6.07, 6.45) is -1.59. The summed E-state index contributed by atoms with van der Waals surface area (Å²) in [4.78, 5) is 9.01. The van der Waals surface area contributed by atoms with Gasteiger partial charge in [0.05, 0.1) is 6.61 Å². The molecule has 0 bridgehead atoms. The van der Waals surface area contributed by atoms with Gasteiger partial charge in [0.1, 0.15) is 0 Å². The van der Waals surface area contributed by atoms with Crippen molar-refractivity contribution >= 4 is 11.6 Å². The maximum Gasteiger partial charge on any atom is 0.433 e. The van der Waals surface area contributed by atoms with Crippen LogP contribution in [-0.4, -0.2) is 41.1 Å². The fourth-order valence-electron chi connectivity index (χ4n) is 2.26. The smallest absolute Gasteiger partial charge is 0.433 e. The van der Waals surface area contributed by atoms with Crippen LogP contribution in [0.5, 0.6) is 5.88 Å². The Morgan fingerprint density at radius 3 is 2.80 bits per heavy atom. The van der Waals surface area contributed by atoms with Crippen molar-refractivity contribution in [1.82, 2.24) is 14.9 Å². The van der Waals surface area contributed by atoms with Crippen LogP contribution >= 0.6 is 11.6 Å². The molecular formula is C12H15ClF3N3O. The van der Waals surface area contributed by atoms with E-state index in [1.165, 1.54) is 0 Å². The summed E-state index contributed by atoms with van der Waals surface area (Å²) >= 11 is 5.47. The molecule has 0 spiro atoms. The number of hydrogen-bond donors (Lipinski definition) is 0. The van der Waals surface area contributed by atoms with Crippen LogP contribution in [-0.2, 0) is 6.18 Å². The molecule has 2 rings (SSSR count). The minimum atomic E-state index is -4.56. The highest BCUT2D eigenvalue weighted by molar-refractivity contribution is 6.28. The van der Waals surface area contributed by atoms with Gasteiger partial charge >= 0.3 is 6.18 Å². The molecule has 8 heteroatoms. The van der Waals surface area contributed by atoms with Gasteiger partial charge in [-0.05, 0) is 44.5 Å². The van der Waals surface area contributed by atoms with E-state index in [0.717, 1.165) is 31.9 Å². The first-order valence-electron chi connectivity index (χ1n) is 6.31. The summed E-state index contributed by atoms with van der Waals surface area (Å²) < 4.78 is 42.9. The summed E-state index contributed by atoms with van der Waals surface area (Å²) in [6.45, 7) is 1.35. The maximum atomic E-state index is 12.6. The highest BCUT2D eigenvalue weighted by Crippen LogP contribution is 2.30. The van der Waals surface area contributed by atoms with Gasteiger partial charge in [0.2, 0.25) is 11.2 Å². The van der Waals surface area contributed by atoms with Crippen molar-refractivity contribution in [3.8, 4) is 5.88 Å². The van der Waals surface area contributed by atoms with E-state index < -0.39 is 17.2 Å². The number of rotatable bonds is 4. The van der Waals surface area contributed by atoms with Crippen LogP contribution in [0.3, 0.4) is 0 Å². The molecule has 20 heavy (non-hydrogen) atoms. The van der Waals surface area contributed by atoms with Crippen LogP contribution in [0, 0.1) is 0 Å². The van der Waals surface area contributed by atoms with Crippen molar-refractivity contribution in [1.29, 1.82) is 0 Å². The number of aromatic nitrogens is 2. The predicted octanol–water partition coefficient (Wildman–Crippen LogP) is 3.01. The second-order valence-corrected chi connectivity index (χ2v) is 5.11. The number of likely N-dealkylation sites (tertiary alicyclic amines) is 1. The van der Waals surface area contributed by atoms with Crippen LogP contribution in [0.2, 0.25) is 5.28 Å². The molecule has 0 radical (unpaired) electrons. The topological polar surface area (TPSA) is 38.2 Å². The van der Waals surface area contributed by atoms with E-state index in [-0.39, 0.29) is 5.88 Å². The number of hydrogen-bond acceptors (Lipinski definition) is 4. The van der Waals surface area contributed by atoms with E-state index in [1.807, 2.05) is 7.05 Å². The Morgan fingerprint density at radius 2 is 2.20 bits per heavy atom. The molecule has 1 unspecified atom stereocenters. The van der Waals surface area contributed by atoms with Gasteiger partial charge in [-0.1, -0.05) is 0 Å². The summed E-state index contributed by atoms with van der Waals surface area (Å²) in [7, 11) is 2.03. The third-order valence-corrected chi connectivity index (χ3v) is 3.51. The van der Waals surface area contributed by atoms with E-state index in [0.29, 0.717) is 12.6 Å². The summed E-state index contributed by atoms with van der Waals surface area (Å²) in [5.41, 5.74) is -1.09. The average molecular weight is 310 g/mol.